The average Bonchev–Trinajstić information content (AvgIpc) is 3.56. The standard InChI is InChI=1S/C22H22ClN3O3S/c23-18-5-9-20(10-6-18)30(28,29)26-13-1-2-16(14-26)21(27)25-19-7-3-17(4-8-19)22(15-24)11-12-22/h3-10,16H,1-2,11-14H2,(H,25,27)/t16-/m1/s1. The van der Waals surface area contributed by atoms with Crippen molar-refractivity contribution in [2.75, 3.05) is 18.4 Å². The highest BCUT2D eigenvalue weighted by molar-refractivity contribution is 7.89. The van der Waals surface area contributed by atoms with Crippen molar-refractivity contribution in [3.05, 3.63) is 59.1 Å². The highest BCUT2D eigenvalue weighted by Crippen LogP contribution is 2.47. The number of amides is 1. The maximum atomic E-state index is 12.9. The first-order chi connectivity index (χ1) is 14.3. The van der Waals surface area contributed by atoms with Crippen molar-refractivity contribution in [2.24, 2.45) is 5.92 Å². The van der Waals surface area contributed by atoms with Gasteiger partial charge >= 0.3 is 0 Å². The Kier molecular flexibility index (Phi) is 5.58. The number of sulfonamides is 1. The molecule has 0 radical (unpaired) electrons. The second kappa shape index (κ2) is 8.03. The Hall–Kier alpha value is -2.40. The normalized spacial score (nSPS) is 20.9. The summed E-state index contributed by atoms with van der Waals surface area (Å²) in [5.41, 5.74) is 1.26. The number of carbonyl (C=O) groups is 1. The van der Waals surface area contributed by atoms with E-state index >= 15 is 0 Å². The van der Waals surface area contributed by atoms with Crippen LogP contribution in [0.4, 0.5) is 5.69 Å². The molecule has 2 fully saturated rings. The molecule has 1 saturated heterocycles. The van der Waals surface area contributed by atoms with Crippen molar-refractivity contribution in [3.8, 4) is 6.07 Å². The molecule has 1 saturated carbocycles. The number of carbonyl (C=O) groups excluding carboxylic acids is 1. The molecule has 6 nitrogen and oxygen atoms in total. The van der Waals surface area contributed by atoms with Crippen molar-refractivity contribution in [3.63, 3.8) is 0 Å². The van der Waals surface area contributed by atoms with Gasteiger partial charge in [0.2, 0.25) is 15.9 Å². The molecule has 0 unspecified atom stereocenters. The highest BCUT2D eigenvalue weighted by atomic mass is 35.5. The van der Waals surface area contributed by atoms with E-state index < -0.39 is 15.9 Å². The van der Waals surface area contributed by atoms with Gasteiger partial charge in [-0.05, 0) is 67.6 Å². The van der Waals surface area contributed by atoms with E-state index in [9.17, 15) is 18.5 Å². The number of nitrogens with one attached hydrogen (secondary N) is 1. The summed E-state index contributed by atoms with van der Waals surface area (Å²) in [6.45, 7) is 0.534. The number of nitriles is 1. The van der Waals surface area contributed by atoms with Crippen LogP contribution < -0.4 is 5.32 Å². The van der Waals surface area contributed by atoms with E-state index in [2.05, 4.69) is 11.4 Å². The molecule has 30 heavy (non-hydrogen) atoms. The Morgan fingerprint density at radius 1 is 1.13 bits per heavy atom. The second-order valence-corrected chi connectivity index (χ2v) is 10.3. The van der Waals surface area contributed by atoms with Gasteiger partial charge in [-0.1, -0.05) is 23.7 Å². The van der Waals surface area contributed by atoms with Crippen LogP contribution in [-0.2, 0) is 20.2 Å². The van der Waals surface area contributed by atoms with Crippen molar-refractivity contribution in [1.82, 2.24) is 4.31 Å². The summed E-state index contributed by atoms with van der Waals surface area (Å²) in [7, 11) is -3.67. The molecule has 8 heteroatoms. The number of hydrogen-bond donors (Lipinski definition) is 1. The number of benzene rings is 2. The lowest BCUT2D eigenvalue weighted by Gasteiger charge is -2.31. The maximum absolute atomic E-state index is 12.9. The first-order valence-corrected chi connectivity index (χ1v) is 11.7. The Labute approximate surface area is 181 Å². The summed E-state index contributed by atoms with van der Waals surface area (Å²) in [6.07, 6.45) is 2.99. The molecular weight excluding hydrogens is 422 g/mol. The molecule has 1 aliphatic carbocycles. The Balaban J connectivity index is 1.42. The molecule has 156 valence electrons. The molecule has 2 aliphatic rings. The van der Waals surface area contributed by atoms with Gasteiger partial charge < -0.3 is 5.32 Å². The Morgan fingerprint density at radius 2 is 1.80 bits per heavy atom. The summed E-state index contributed by atoms with van der Waals surface area (Å²) < 4.78 is 27.2. The van der Waals surface area contributed by atoms with Gasteiger partial charge in [-0.2, -0.15) is 9.57 Å². The van der Waals surface area contributed by atoms with Crippen LogP contribution in [-0.4, -0.2) is 31.7 Å². The van der Waals surface area contributed by atoms with E-state index in [1.54, 1.807) is 24.3 Å². The maximum Gasteiger partial charge on any atom is 0.243 e. The van der Waals surface area contributed by atoms with Crippen molar-refractivity contribution >= 4 is 33.2 Å². The minimum atomic E-state index is -3.67. The lowest BCUT2D eigenvalue weighted by Crippen LogP contribution is -2.43. The Bertz CT molecular complexity index is 1090. The third-order valence-electron chi connectivity index (χ3n) is 5.88. The summed E-state index contributed by atoms with van der Waals surface area (Å²) in [6, 6.07) is 15.8. The van der Waals surface area contributed by atoms with Crippen molar-refractivity contribution in [2.45, 2.75) is 36.0 Å². The fourth-order valence-electron chi connectivity index (χ4n) is 3.84. The molecule has 4 rings (SSSR count). The van der Waals surface area contributed by atoms with E-state index in [4.69, 9.17) is 11.6 Å². The first-order valence-electron chi connectivity index (χ1n) is 9.92. The summed E-state index contributed by atoms with van der Waals surface area (Å²) in [4.78, 5) is 12.9. The Morgan fingerprint density at radius 3 is 2.40 bits per heavy atom. The van der Waals surface area contributed by atoms with Gasteiger partial charge in [0.05, 0.1) is 22.3 Å². The summed E-state index contributed by atoms with van der Waals surface area (Å²) in [5.74, 6) is -0.616. The second-order valence-electron chi connectivity index (χ2n) is 7.92. The molecule has 2 aromatic carbocycles. The lowest BCUT2D eigenvalue weighted by atomic mass is 9.97. The van der Waals surface area contributed by atoms with Gasteiger partial charge in [0.25, 0.3) is 0 Å². The van der Waals surface area contributed by atoms with Gasteiger partial charge in [0.1, 0.15) is 0 Å². The molecule has 1 N–H and O–H groups in total. The van der Waals surface area contributed by atoms with Crippen LogP contribution in [0.5, 0.6) is 0 Å². The topological polar surface area (TPSA) is 90.3 Å². The van der Waals surface area contributed by atoms with E-state index in [1.807, 2.05) is 12.1 Å². The minimum Gasteiger partial charge on any atom is -0.326 e. The van der Waals surface area contributed by atoms with Crippen LogP contribution in [0.25, 0.3) is 0 Å². The first kappa shape index (κ1) is 20.9. The van der Waals surface area contributed by atoms with Gasteiger partial charge in [0, 0.05) is 23.8 Å². The largest absolute Gasteiger partial charge is 0.326 e. The smallest absolute Gasteiger partial charge is 0.243 e. The molecule has 0 bridgehead atoms. The zero-order valence-electron chi connectivity index (χ0n) is 16.3. The van der Waals surface area contributed by atoms with Crippen LogP contribution in [0.3, 0.4) is 0 Å². The molecule has 1 aliphatic heterocycles. The minimum absolute atomic E-state index is 0.145. The van der Waals surface area contributed by atoms with E-state index in [1.165, 1.54) is 16.4 Å². The zero-order chi connectivity index (χ0) is 21.4. The third-order valence-corrected chi connectivity index (χ3v) is 8.01. The summed E-state index contributed by atoms with van der Waals surface area (Å²) in [5, 5.41) is 12.7. The van der Waals surface area contributed by atoms with Gasteiger partial charge in [-0.25, -0.2) is 8.42 Å². The fourth-order valence-corrected chi connectivity index (χ4v) is 5.49. The van der Waals surface area contributed by atoms with E-state index in [0.29, 0.717) is 30.1 Å². The van der Waals surface area contributed by atoms with Gasteiger partial charge in [0.15, 0.2) is 0 Å². The van der Waals surface area contributed by atoms with E-state index in [-0.39, 0.29) is 22.8 Å². The van der Waals surface area contributed by atoms with Crippen molar-refractivity contribution < 1.29 is 13.2 Å². The number of anilines is 1. The van der Waals surface area contributed by atoms with Crippen molar-refractivity contribution in [1.29, 1.82) is 5.26 Å². The van der Waals surface area contributed by atoms with Gasteiger partial charge in [-0.15, -0.1) is 0 Å². The van der Waals surface area contributed by atoms with Crippen LogP contribution in [0.15, 0.2) is 53.4 Å². The molecule has 0 spiro atoms. The number of halogens is 1. The van der Waals surface area contributed by atoms with E-state index in [0.717, 1.165) is 18.4 Å². The van der Waals surface area contributed by atoms with Crippen LogP contribution in [0.1, 0.15) is 31.2 Å². The number of rotatable bonds is 5. The molecule has 1 amide bonds. The molecule has 0 aromatic heterocycles. The van der Waals surface area contributed by atoms with Crippen LogP contribution in [0.2, 0.25) is 5.02 Å². The average molecular weight is 444 g/mol. The lowest BCUT2D eigenvalue weighted by molar-refractivity contribution is -0.120. The van der Waals surface area contributed by atoms with Crippen LogP contribution >= 0.6 is 11.6 Å². The number of nitrogens with zero attached hydrogens (tertiary/aromatic N) is 2. The monoisotopic (exact) mass is 443 g/mol. The molecule has 2 aromatic rings. The predicted octanol–water partition coefficient (Wildman–Crippen LogP) is 3.93. The zero-order valence-corrected chi connectivity index (χ0v) is 17.9. The third kappa shape index (κ3) is 4.08. The SMILES string of the molecule is N#CC1(c2ccc(NC(=O)[C@@H]3CCCN(S(=O)(=O)c4ccc(Cl)cc4)C3)cc2)CC1. The van der Waals surface area contributed by atoms with Gasteiger partial charge in [-0.3, -0.25) is 4.79 Å². The highest BCUT2D eigenvalue weighted by Gasteiger charge is 2.44. The molecule has 1 heterocycles. The summed E-state index contributed by atoms with van der Waals surface area (Å²) >= 11 is 5.86. The molecule has 1 atom stereocenters. The molecular formula is C22H22ClN3O3S. The fraction of sp³-hybridized carbons (Fsp3) is 0.364. The quantitative estimate of drug-likeness (QED) is 0.757. The number of piperidine rings is 1. The van der Waals surface area contributed by atoms with Crippen LogP contribution in [0, 0.1) is 17.2 Å². The number of hydrogen-bond acceptors (Lipinski definition) is 4. The predicted molar refractivity (Wildman–Crippen MR) is 115 cm³/mol.